The van der Waals surface area contributed by atoms with E-state index in [0.717, 1.165) is 42.6 Å². The predicted molar refractivity (Wildman–Crippen MR) is 84.6 cm³/mol. The number of likely N-dealkylation sites (tertiary alicyclic amines) is 1. The second kappa shape index (κ2) is 5.68. The number of aryl methyl sites for hydroxylation is 2. The molecule has 2 aromatic rings. The van der Waals surface area contributed by atoms with Crippen molar-refractivity contribution in [3.05, 3.63) is 39.9 Å². The Kier molecular flexibility index (Phi) is 3.68. The number of ether oxygens (including phenoxy) is 1. The van der Waals surface area contributed by atoms with Crippen molar-refractivity contribution in [3.63, 3.8) is 0 Å². The van der Waals surface area contributed by atoms with E-state index >= 15 is 0 Å². The van der Waals surface area contributed by atoms with E-state index in [2.05, 4.69) is 32.2 Å². The lowest BCUT2D eigenvalue weighted by Crippen LogP contribution is -2.23. The van der Waals surface area contributed by atoms with Gasteiger partial charge in [-0.1, -0.05) is 0 Å². The van der Waals surface area contributed by atoms with Gasteiger partial charge in [0.2, 0.25) is 0 Å². The van der Waals surface area contributed by atoms with Crippen molar-refractivity contribution in [2.75, 3.05) is 13.1 Å². The lowest BCUT2D eigenvalue weighted by molar-refractivity contribution is 0.0347. The maximum atomic E-state index is 6.25. The zero-order chi connectivity index (χ0) is 15.1. The Balaban J connectivity index is 1.38. The Morgan fingerprint density at radius 3 is 2.95 bits per heavy atom. The van der Waals surface area contributed by atoms with E-state index in [4.69, 9.17) is 4.74 Å². The molecular weight excluding hydrogens is 296 g/mol. The summed E-state index contributed by atoms with van der Waals surface area (Å²) in [5.41, 5.74) is 2.22. The minimum atomic E-state index is 0.139. The maximum absolute atomic E-state index is 6.25. The first-order valence-corrected chi connectivity index (χ1v) is 8.64. The van der Waals surface area contributed by atoms with Crippen LogP contribution in [0.1, 0.15) is 34.7 Å². The van der Waals surface area contributed by atoms with Gasteiger partial charge in [0.25, 0.3) is 0 Å². The summed E-state index contributed by atoms with van der Waals surface area (Å²) in [7, 11) is 0. The van der Waals surface area contributed by atoms with Crippen molar-refractivity contribution < 1.29 is 4.74 Å². The van der Waals surface area contributed by atoms with Crippen molar-refractivity contribution in [2.45, 2.75) is 39.0 Å². The van der Waals surface area contributed by atoms with Gasteiger partial charge in [0.05, 0.1) is 22.5 Å². The van der Waals surface area contributed by atoms with Gasteiger partial charge in [-0.3, -0.25) is 4.90 Å². The number of nitrogens with zero attached hydrogens (tertiary/aromatic N) is 4. The van der Waals surface area contributed by atoms with Crippen LogP contribution >= 0.6 is 11.3 Å². The second-order valence-corrected chi connectivity index (χ2v) is 7.30. The van der Waals surface area contributed by atoms with E-state index < -0.39 is 0 Å². The molecule has 6 heteroatoms. The van der Waals surface area contributed by atoms with Gasteiger partial charge in [-0.2, -0.15) is 0 Å². The molecule has 2 fully saturated rings. The van der Waals surface area contributed by atoms with E-state index in [9.17, 15) is 0 Å². The fourth-order valence-electron chi connectivity index (χ4n) is 3.53. The van der Waals surface area contributed by atoms with E-state index in [1.165, 1.54) is 5.69 Å². The quantitative estimate of drug-likeness (QED) is 0.871. The highest BCUT2D eigenvalue weighted by Crippen LogP contribution is 2.40. The summed E-state index contributed by atoms with van der Waals surface area (Å²) in [5, 5.41) is 3.31. The molecule has 22 heavy (non-hydrogen) atoms. The molecule has 3 atom stereocenters. The Morgan fingerprint density at radius 1 is 1.32 bits per heavy atom. The van der Waals surface area contributed by atoms with Gasteiger partial charge in [-0.05, 0) is 26.3 Å². The fourth-order valence-corrected chi connectivity index (χ4v) is 4.14. The Bertz CT molecular complexity index is 660. The normalized spacial score (nSPS) is 28.2. The molecule has 4 heterocycles. The minimum absolute atomic E-state index is 0.139. The molecular formula is C16H20N4OS. The summed E-state index contributed by atoms with van der Waals surface area (Å²) in [4.78, 5) is 15.7. The van der Waals surface area contributed by atoms with Gasteiger partial charge in [-0.15, -0.1) is 11.3 Å². The second-order valence-electron chi connectivity index (χ2n) is 6.24. The largest absolute Gasteiger partial charge is 0.367 e. The fraction of sp³-hybridized carbons (Fsp3) is 0.562. The summed E-state index contributed by atoms with van der Waals surface area (Å²) in [5.74, 6) is 1.43. The zero-order valence-electron chi connectivity index (χ0n) is 12.9. The number of fused-ring (bicyclic) bond motifs is 1. The molecule has 0 aromatic carbocycles. The monoisotopic (exact) mass is 316 g/mol. The summed E-state index contributed by atoms with van der Waals surface area (Å²) in [6.07, 6.45) is 3.36. The van der Waals surface area contributed by atoms with Gasteiger partial charge in [0.15, 0.2) is 0 Å². The Labute approximate surface area is 134 Å². The third-order valence-electron chi connectivity index (χ3n) is 4.49. The molecule has 0 aliphatic carbocycles. The molecule has 5 nitrogen and oxygen atoms in total. The molecule has 0 amide bonds. The van der Waals surface area contributed by atoms with Gasteiger partial charge in [0.1, 0.15) is 11.9 Å². The van der Waals surface area contributed by atoms with Crippen molar-refractivity contribution in [3.8, 4) is 0 Å². The summed E-state index contributed by atoms with van der Waals surface area (Å²) >= 11 is 1.72. The minimum Gasteiger partial charge on any atom is -0.367 e. The smallest absolute Gasteiger partial charge is 0.125 e. The first kappa shape index (κ1) is 14.2. The summed E-state index contributed by atoms with van der Waals surface area (Å²) in [6, 6.07) is 1.98. The van der Waals surface area contributed by atoms with Crippen molar-refractivity contribution in [2.24, 2.45) is 5.92 Å². The third-order valence-corrected chi connectivity index (χ3v) is 5.31. The van der Waals surface area contributed by atoms with Crippen LogP contribution in [0.25, 0.3) is 0 Å². The van der Waals surface area contributed by atoms with Crippen LogP contribution in [0.2, 0.25) is 0 Å². The van der Waals surface area contributed by atoms with Crippen LogP contribution in [-0.2, 0) is 11.3 Å². The lowest BCUT2D eigenvalue weighted by atomic mass is 10.0. The summed E-state index contributed by atoms with van der Waals surface area (Å²) in [6.45, 7) is 7.03. The van der Waals surface area contributed by atoms with Gasteiger partial charge >= 0.3 is 0 Å². The first-order valence-electron chi connectivity index (χ1n) is 7.76. The SMILES string of the molecule is Cc1nccc([C@@H]2C[C@H]3CN(Cc4csc(C)n4)C[C@H]3O2)n1. The molecule has 4 rings (SSSR count). The van der Waals surface area contributed by atoms with Crippen molar-refractivity contribution >= 4 is 11.3 Å². The zero-order valence-corrected chi connectivity index (χ0v) is 13.7. The van der Waals surface area contributed by atoms with E-state index in [1.54, 1.807) is 11.3 Å². The highest BCUT2D eigenvalue weighted by atomic mass is 32.1. The van der Waals surface area contributed by atoms with Crippen LogP contribution in [0.15, 0.2) is 17.6 Å². The van der Waals surface area contributed by atoms with E-state index in [-0.39, 0.29) is 6.10 Å². The molecule has 0 radical (unpaired) electrons. The molecule has 0 N–H and O–H groups in total. The first-order chi connectivity index (χ1) is 10.7. The maximum Gasteiger partial charge on any atom is 0.125 e. The topological polar surface area (TPSA) is 51.1 Å². The Hall–Kier alpha value is -1.37. The van der Waals surface area contributed by atoms with Crippen molar-refractivity contribution in [1.29, 1.82) is 0 Å². The molecule has 2 aliphatic heterocycles. The molecule has 116 valence electrons. The van der Waals surface area contributed by atoms with E-state index in [1.807, 2.05) is 19.2 Å². The highest BCUT2D eigenvalue weighted by Gasteiger charge is 2.42. The molecule has 0 spiro atoms. The average Bonchev–Trinajstić information content (AvgIpc) is 3.14. The number of hydrogen-bond acceptors (Lipinski definition) is 6. The molecule has 2 saturated heterocycles. The van der Waals surface area contributed by atoms with Crippen molar-refractivity contribution in [1.82, 2.24) is 19.9 Å². The molecule has 0 bridgehead atoms. The lowest BCUT2D eigenvalue weighted by Gasteiger charge is -2.18. The van der Waals surface area contributed by atoms with Crippen LogP contribution in [-0.4, -0.2) is 39.0 Å². The van der Waals surface area contributed by atoms with Gasteiger partial charge in [0, 0.05) is 37.1 Å². The van der Waals surface area contributed by atoms with Crippen LogP contribution in [0, 0.1) is 19.8 Å². The third kappa shape index (κ3) is 2.78. The predicted octanol–water partition coefficient (Wildman–Crippen LogP) is 2.51. The summed E-state index contributed by atoms with van der Waals surface area (Å²) < 4.78 is 6.25. The molecule has 2 aromatic heterocycles. The number of rotatable bonds is 3. The standard InChI is InChI=1S/C16H20N4OS/c1-10-17-4-3-14(18-10)15-5-12-6-20(8-16(12)21-15)7-13-9-22-11(2)19-13/h3-4,9,12,15-16H,5-8H2,1-2H3/t12-,15-,16+/m0/s1. The number of aromatic nitrogens is 3. The Morgan fingerprint density at radius 2 is 2.23 bits per heavy atom. The van der Waals surface area contributed by atoms with E-state index in [0.29, 0.717) is 12.0 Å². The van der Waals surface area contributed by atoms with Crippen LogP contribution in [0.3, 0.4) is 0 Å². The molecule has 2 aliphatic rings. The number of hydrogen-bond donors (Lipinski definition) is 0. The number of thiazole rings is 1. The highest BCUT2D eigenvalue weighted by molar-refractivity contribution is 7.09. The van der Waals surface area contributed by atoms with Crippen LogP contribution in [0.5, 0.6) is 0 Å². The van der Waals surface area contributed by atoms with Gasteiger partial charge < -0.3 is 4.74 Å². The van der Waals surface area contributed by atoms with Gasteiger partial charge in [-0.25, -0.2) is 15.0 Å². The molecule has 0 unspecified atom stereocenters. The molecule has 0 saturated carbocycles. The van der Waals surface area contributed by atoms with Crippen LogP contribution in [0.4, 0.5) is 0 Å². The van der Waals surface area contributed by atoms with Crippen LogP contribution < -0.4 is 0 Å². The average molecular weight is 316 g/mol.